The van der Waals surface area contributed by atoms with Gasteiger partial charge >= 0.3 is 0 Å². The number of nitrogens with zero attached hydrogens (tertiary/aromatic N) is 2. The van der Waals surface area contributed by atoms with Gasteiger partial charge in [-0.25, -0.2) is 0 Å². The fourth-order valence-corrected chi connectivity index (χ4v) is 3.26. The molecule has 1 aromatic carbocycles. The molecule has 1 saturated heterocycles. The molecule has 0 aromatic heterocycles. The van der Waals surface area contributed by atoms with Gasteiger partial charge in [-0.3, -0.25) is 9.69 Å². The first-order valence-corrected chi connectivity index (χ1v) is 8.56. The Labute approximate surface area is 136 Å². The smallest absolute Gasteiger partial charge is 0.179 e. The minimum atomic E-state index is -0.0654. The van der Waals surface area contributed by atoms with Crippen molar-refractivity contribution in [2.45, 2.75) is 38.8 Å². The Morgan fingerprint density at radius 3 is 2.43 bits per heavy atom. The second-order valence-electron chi connectivity index (χ2n) is 5.88. The van der Waals surface area contributed by atoms with Crippen molar-refractivity contribution in [1.82, 2.24) is 9.80 Å². The molecule has 1 unspecified atom stereocenters. The van der Waals surface area contributed by atoms with Gasteiger partial charge in [0, 0.05) is 16.1 Å². The summed E-state index contributed by atoms with van der Waals surface area (Å²) in [6.45, 7) is 7.65. The molecule has 3 nitrogen and oxygen atoms in total. The Bertz CT molecular complexity index is 466. The van der Waals surface area contributed by atoms with Crippen molar-refractivity contribution in [1.29, 1.82) is 0 Å². The van der Waals surface area contributed by atoms with Crippen LogP contribution in [-0.4, -0.2) is 54.3 Å². The number of ketones is 1. The van der Waals surface area contributed by atoms with Gasteiger partial charge in [-0.05, 0) is 58.6 Å². The molecule has 1 fully saturated rings. The number of rotatable bonds is 5. The van der Waals surface area contributed by atoms with Gasteiger partial charge in [0.1, 0.15) is 0 Å². The van der Waals surface area contributed by atoms with E-state index >= 15 is 0 Å². The van der Waals surface area contributed by atoms with Gasteiger partial charge in [-0.2, -0.15) is 0 Å². The second kappa shape index (κ2) is 7.52. The van der Waals surface area contributed by atoms with E-state index in [1.54, 1.807) is 0 Å². The number of likely N-dealkylation sites (N-methyl/N-ethyl adjacent to an activating group) is 1. The molecule has 1 atom stereocenters. The Balaban J connectivity index is 1.97. The maximum absolute atomic E-state index is 12.6. The van der Waals surface area contributed by atoms with Crippen LogP contribution in [0.25, 0.3) is 0 Å². The van der Waals surface area contributed by atoms with Crippen LogP contribution in [0.1, 0.15) is 37.0 Å². The monoisotopic (exact) mass is 352 g/mol. The van der Waals surface area contributed by atoms with Gasteiger partial charge in [0.25, 0.3) is 0 Å². The van der Waals surface area contributed by atoms with E-state index in [1.165, 1.54) is 0 Å². The molecule has 0 N–H and O–H groups in total. The zero-order chi connectivity index (χ0) is 15.4. The van der Waals surface area contributed by atoms with Crippen LogP contribution in [0.4, 0.5) is 0 Å². The summed E-state index contributed by atoms with van der Waals surface area (Å²) in [6, 6.07) is 8.11. The molecule has 1 aliphatic heterocycles. The zero-order valence-electron chi connectivity index (χ0n) is 13.2. The lowest BCUT2D eigenvalue weighted by atomic mass is 9.98. The molecule has 1 aromatic rings. The van der Waals surface area contributed by atoms with E-state index in [0.717, 1.165) is 42.5 Å². The molecule has 0 saturated carbocycles. The third-order valence-corrected chi connectivity index (χ3v) is 5.23. The average Bonchev–Trinajstić information content (AvgIpc) is 2.53. The van der Waals surface area contributed by atoms with Gasteiger partial charge in [-0.1, -0.05) is 35.0 Å². The Morgan fingerprint density at radius 2 is 1.90 bits per heavy atom. The largest absolute Gasteiger partial charge is 0.303 e. The number of carbonyl (C=O) groups excluding carboxylic acids is 1. The molecule has 0 aliphatic carbocycles. The molecule has 0 radical (unpaired) electrons. The van der Waals surface area contributed by atoms with Crippen molar-refractivity contribution >= 4 is 21.7 Å². The summed E-state index contributed by atoms with van der Waals surface area (Å²) in [4.78, 5) is 17.3. The summed E-state index contributed by atoms with van der Waals surface area (Å²) in [5.41, 5.74) is 0.795. The fraction of sp³-hybridized carbons (Fsp3) is 0.588. The van der Waals surface area contributed by atoms with Crippen molar-refractivity contribution in [3.05, 3.63) is 34.3 Å². The van der Waals surface area contributed by atoms with Crippen LogP contribution in [0, 0.1) is 0 Å². The normalized spacial score (nSPS) is 18.9. The highest BCUT2D eigenvalue weighted by Crippen LogP contribution is 2.20. The third kappa shape index (κ3) is 4.15. The maximum atomic E-state index is 12.6. The molecule has 0 bridgehead atoms. The highest BCUT2D eigenvalue weighted by atomic mass is 79.9. The van der Waals surface area contributed by atoms with Gasteiger partial charge in [0.2, 0.25) is 0 Å². The van der Waals surface area contributed by atoms with E-state index in [9.17, 15) is 4.79 Å². The molecular formula is C17H25BrN2O. The third-order valence-electron chi connectivity index (χ3n) is 4.70. The molecule has 0 spiro atoms. The lowest BCUT2D eigenvalue weighted by Gasteiger charge is -2.38. The SMILES string of the molecule is CCN1CCC(N(C)C(C)C(=O)c2ccc(Br)cc2)CC1. The minimum Gasteiger partial charge on any atom is -0.303 e. The van der Waals surface area contributed by atoms with E-state index in [1.807, 2.05) is 31.2 Å². The quantitative estimate of drug-likeness (QED) is 0.758. The van der Waals surface area contributed by atoms with E-state index in [0.29, 0.717) is 6.04 Å². The molecule has 1 heterocycles. The number of Topliss-reactive ketones (excluding diaryl/α,β-unsaturated/α-hetero) is 1. The van der Waals surface area contributed by atoms with Crippen molar-refractivity contribution in [3.63, 3.8) is 0 Å². The van der Waals surface area contributed by atoms with Gasteiger partial charge < -0.3 is 4.90 Å². The summed E-state index contributed by atoms with van der Waals surface area (Å²) in [5, 5.41) is 0. The first-order valence-electron chi connectivity index (χ1n) is 7.77. The predicted octanol–water partition coefficient (Wildman–Crippen LogP) is 3.44. The number of halogens is 1. The van der Waals surface area contributed by atoms with Crippen LogP contribution in [0.2, 0.25) is 0 Å². The van der Waals surface area contributed by atoms with Crippen LogP contribution < -0.4 is 0 Å². The molecule has 21 heavy (non-hydrogen) atoms. The lowest BCUT2D eigenvalue weighted by Crippen LogP contribution is -2.48. The summed E-state index contributed by atoms with van der Waals surface area (Å²) >= 11 is 3.41. The van der Waals surface area contributed by atoms with Crippen molar-refractivity contribution in [2.24, 2.45) is 0 Å². The van der Waals surface area contributed by atoms with Crippen LogP contribution in [-0.2, 0) is 0 Å². The van der Waals surface area contributed by atoms with Gasteiger partial charge in [0.05, 0.1) is 6.04 Å². The first-order chi connectivity index (χ1) is 10.0. The number of hydrogen-bond acceptors (Lipinski definition) is 3. The van der Waals surface area contributed by atoms with Crippen molar-refractivity contribution in [2.75, 3.05) is 26.7 Å². The van der Waals surface area contributed by atoms with E-state index < -0.39 is 0 Å². The summed E-state index contributed by atoms with van der Waals surface area (Å²) in [6.07, 6.45) is 2.31. The van der Waals surface area contributed by atoms with E-state index in [2.05, 4.69) is 39.7 Å². The number of carbonyl (C=O) groups is 1. The molecule has 1 aliphatic rings. The lowest BCUT2D eigenvalue weighted by molar-refractivity contribution is 0.0712. The number of hydrogen-bond donors (Lipinski definition) is 0. The van der Waals surface area contributed by atoms with Crippen LogP contribution in [0.3, 0.4) is 0 Å². The molecule has 116 valence electrons. The van der Waals surface area contributed by atoms with Gasteiger partial charge in [0.15, 0.2) is 5.78 Å². The van der Waals surface area contributed by atoms with Crippen molar-refractivity contribution < 1.29 is 4.79 Å². The Hall–Kier alpha value is -0.710. The zero-order valence-corrected chi connectivity index (χ0v) is 14.8. The van der Waals surface area contributed by atoms with Crippen LogP contribution in [0.5, 0.6) is 0 Å². The first kappa shape index (κ1) is 16.7. The summed E-state index contributed by atoms with van der Waals surface area (Å²) in [7, 11) is 2.09. The molecule has 0 amide bonds. The van der Waals surface area contributed by atoms with Crippen LogP contribution in [0.15, 0.2) is 28.7 Å². The topological polar surface area (TPSA) is 23.6 Å². The standard InChI is InChI=1S/C17H25BrN2O/c1-4-20-11-9-16(10-12-20)19(3)13(2)17(21)14-5-7-15(18)8-6-14/h5-8,13,16H,4,9-12H2,1-3H3. The molecule has 2 rings (SSSR count). The van der Waals surface area contributed by atoms with E-state index in [4.69, 9.17) is 0 Å². The van der Waals surface area contributed by atoms with Crippen LogP contribution >= 0.6 is 15.9 Å². The van der Waals surface area contributed by atoms with Crippen molar-refractivity contribution in [3.8, 4) is 0 Å². The Kier molecular flexibility index (Phi) is 5.97. The maximum Gasteiger partial charge on any atom is 0.179 e. The Morgan fingerprint density at radius 1 is 1.33 bits per heavy atom. The molecule has 4 heteroatoms. The minimum absolute atomic E-state index is 0.0654. The molecular weight excluding hydrogens is 328 g/mol. The van der Waals surface area contributed by atoms with Gasteiger partial charge in [-0.15, -0.1) is 0 Å². The number of likely N-dealkylation sites (tertiary alicyclic amines) is 1. The second-order valence-corrected chi connectivity index (χ2v) is 6.79. The number of piperidine rings is 1. The van der Waals surface area contributed by atoms with E-state index in [-0.39, 0.29) is 11.8 Å². The summed E-state index contributed by atoms with van der Waals surface area (Å²) < 4.78 is 1.01. The summed E-state index contributed by atoms with van der Waals surface area (Å²) in [5.74, 6) is 0.211. The fourth-order valence-electron chi connectivity index (χ4n) is 3.00. The predicted molar refractivity (Wildman–Crippen MR) is 90.8 cm³/mol. The average molecular weight is 353 g/mol. The highest BCUT2D eigenvalue weighted by molar-refractivity contribution is 9.10. The number of benzene rings is 1. The highest BCUT2D eigenvalue weighted by Gasteiger charge is 2.28.